The molecule has 0 aliphatic heterocycles. The van der Waals surface area contributed by atoms with Crippen LogP contribution in [0.15, 0.2) is 28.8 Å². The molecule has 1 aromatic carbocycles. The van der Waals surface area contributed by atoms with Crippen LogP contribution >= 0.6 is 11.8 Å². The first kappa shape index (κ1) is 15.7. The molecule has 2 aromatic rings. The zero-order valence-corrected chi connectivity index (χ0v) is 15.4. The molecule has 0 atom stereocenters. The van der Waals surface area contributed by atoms with E-state index in [4.69, 9.17) is 21.7 Å². The number of para-hydroxylation sites is 2. The van der Waals surface area contributed by atoms with Gasteiger partial charge in [-0.25, -0.2) is 9.97 Å². The van der Waals surface area contributed by atoms with E-state index in [1.165, 1.54) is 55.6 Å². The number of hydrogen-bond acceptors (Lipinski definition) is 3. The third-order valence-corrected chi connectivity index (χ3v) is 7.05. The highest BCUT2D eigenvalue weighted by Crippen LogP contribution is 2.57. The molecule has 0 bridgehead atoms. The van der Waals surface area contributed by atoms with E-state index in [-0.39, 0.29) is 10.8 Å². The van der Waals surface area contributed by atoms with Gasteiger partial charge in [-0.15, -0.1) is 0 Å². The first-order valence-corrected chi connectivity index (χ1v) is 10.1. The van der Waals surface area contributed by atoms with Gasteiger partial charge in [-0.05, 0) is 37.8 Å². The number of fused-ring (bicyclic) bond motifs is 4. The van der Waals surface area contributed by atoms with Gasteiger partial charge in [-0.3, -0.25) is 0 Å². The molecule has 1 aromatic heterocycles. The van der Waals surface area contributed by atoms with Crippen molar-refractivity contribution in [2.24, 2.45) is 4.51 Å². The molecule has 0 N–H and O–H groups in total. The number of halogens is 1. The number of hydrogen-bond donors (Lipinski definition) is 0. The van der Waals surface area contributed by atoms with Crippen LogP contribution in [0.1, 0.15) is 75.6 Å². The normalized spacial score (nSPS) is 24.0. The van der Waals surface area contributed by atoms with Crippen LogP contribution in [0.25, 0.3) is 11.0 Å². The van der Waals surface area contributed by atoms with Crippen LogP contribution in [0.5, 0.6) is 0 Å². The molecule has 2 saturated carbocycles. The summed E-state index contributed by atoms with van der Waals surface area (Å²) in [6.07, 6.45) is 12.1. The zero-order valence-electron chi connectivity index (χ0n) is 14.6. The summed E-state index contributed by atoms with van der Waals surface area (Å²) in [6, 6.07) is 8.28. The Bertz CT molecular complexity index is 779. The minimum absolute atomic E-state index is 0.0658. The molecule has 0 unspecified atom stereocenters. The third-order valence-electron chi connectivity index (χ3n) is 6.88. The number of benzene rings is 1. The maximum Gasteiger partial charge on any atom is 0.0890 e. The molecule has 0 radical (unpaired) electrons. The maximum atomic E-state index is 6.31. The Morgan fingerprint density at radius 1 is 0.720 bits per heavy atom. The molecule has 0 amide bonds. The number of nitrogens with zero attached hydrogens (tertiary/aromatic N) is 3. The van der Waals surface area contributed by atoms with E-state index in [1.807, 2.05) is 0 Å². The van der Waals surface area contributed by atoms with Crippen molar-refractivity contribution in [3.63, 3.8) is 0 Å². The number of rotatable bonds is 0. The second-order valence-electron chi connectivity index (χ2n) is 8.13. The molecular formula is C21H24ClN3. The van der Waals surface area contributed by atoms with E-state index >= 15 is 0 Å². The predicted molar refractivity (Wildman–Crippen MR) is 102 cm³/mol. The van der Waals surface area contributed by atoms with Crippen LogP contribution < -0.4 is 0 Å². The summed E-state index contributed by atoms with van der Waals surface area (Å²) in [6.45, 7) is 0. The van der Waals surface area contributed by atoms with Crippen LogP contribution in [-0.4, -0.2) is 15.7 Å². The lowest BCUT2D eigenvalue weighted by Crippen LogP contribution is -2.44. The van der Waals surface area contributed by atoms with Gasteiger partial charge in [0.1, 0.15) is 0 Å². The van der Waals surface area contributed by atoms with Gasteiger partial charge in [0.25, 0.3) is 0 Å². The van der Waals surface area contributed by atoms with Crippen molar-refractivity contribution in [1.29, 1.82) is 0 Å². The molecule has 2 spiro atoms. The van der Waals surface area contributed by atoms with Crippen LogP contribution in [0.2, 0.25) is 0 Å². The largest absolute Gasteiger partial charge is 0.248 e. The van der Waals surface area contributed by atoms with E-state index < -0.39 is 0 Å². The topological polar surface area (TPSA) is 38.1 Å². The summed E-state index contributed by atoms with van der Waals surface area (Å²) in [5.74, 6) is 0. The molecule has 3 aliphatic rings. The van der Waals surface area contributed by atoms with Gasteiger partial charge < -0.3 is 0 Å². The first-order chi connectivity index (χ1) is 12.3. The Morgan fingerprint density at radius 2 is 1.16 bits per heavy atom. The number of aromatic nitrogens is 2. The molecule has 3 aliphatic carbocycles. The summed E-state index contributed by atoms with van der Waals surface area (Å²) in [4.78, 5) is 10.4. The lowest BCUT2D eigenvalue weighted by atomic mass is 9.64. The minimum atomic E-state index is -0.0658. The van der Waals surface area contributed by atoms with Crippen LogP contribution in [0.3, 0.4) is 0 Å². The standard InChI is InChI=1S/C21H24ClN3/c22-25-19-20(11-5-1-6-12-20)17-18(21(19)13-7-2-8-14-21)24-16-10-4-3-9-15(16)23-17/h3-4,9-10H,1-2,5-8,11-14H2. The summed E-state index contributed by atoms with van der Waals surface area (Å²) in [5.41, 5.74) is 5.49. The van der Waals surface area contributed by atoms with Gasteiger partial charge >= 0.3 is 0 Å². The fourth-order valence-corrected chi connectivity index (χ4v) is 6.09. The average molecular weight is 354 g/mol. The Balaban J connectivity index is 1.82. The quantitative estimate of drug-likeness (QED) is 0.614. The Kier molecular flexibility index (Phi) is 3.63. The molecule has 5 rings (SSSR count). The highest BCUT2D eigenvalue weighted by atomic mass is 35.5. The van der Waals surface area contributed by atoms with Crippen LogP contribution in [-0.2, 0) is 10.8 Å². The van der Waals surface area contributed by atoms with E-state index in [0.717, 1.165) is 36.7 Å². The highest BCUT2D eigenvalue weighted by molar-refractivity contribution is 6.24. The van der Waals surface area contributed by atoms with Gasteiger partial charge in [-0.1, -0.05) is 50.7 Å². The molecule has 25 heavy (non-hydrogen) atoms. The molecule has 130 valence electrons. The van der Waals surface area contributed by atoms with Crippen molar-refractivity contribution in [3.8, 4) is 0 Å². The molecule has 2 fully saturated rings. The van der Waals surface area contributed by atoms with E-state index in [9.17, 15) is 0 Å². The van der Waals surface area contributed by atoms with E-state index in [1.54, 1.807) is 0 Å². The van der Waals surface area contributed by atoms with Crippen LogP contribution in [0.4, 0.5) is 0 Å². The fraction of sp³-hybridized carbons (Fsp3) is 0.571. The third kappa shape index (κ3) is 2.08. The first-order valence-electron chi connectivity index (χ1n) is 9.78. The summed E-state index contributed by atoms with van der Waals surface area (Å²) in [7, 11) is 0. The van der Waals surface area contributed by atoms with Crippen molar-refractivity contribution in [3.05, 3.63) is 35.7 Å². The molecule has 4 heteroatoms. The second kappa shape index (κ2) is 5.77. The Morgan fingerprint density at radius 3 is 1.56 bits per heavy atom. The zero-order chi connectivity index (χ0) is 16.9. The lowest BCUT2D eigenvalue weighted by molar-refractivity contribution is 0.350. The summed E-state index contributed by atoms with van der Waals surface area (Å²) < 4.78 is 4.46. The molecule has 3 nitrogen and oxygen atoms in total. The second-order valence-corrected chi connectivity index (χ2v) is 8.30. The molecular weight excluding hydrogens is 330 g/mol. The predicted octanol–water partition coefficient (Wildman–Crippen LogP) is 5.64. The molecule has 1 heterocycles. The smallest absolute Gasteiger partial charge is 0.0890 e. The van der Waals surface area contributed by atoms with Gasteiger partial charge in [0.2, 0.25) is 0 Å². The van der Waals surface area contributed by atoms with Gasteiger partial charge in [0.05, 0.1) is 39.0 Å². The minimum Gasteiger partial charge on any atom is -0.248 e. The SMILES string of the molecule is ClN=C1C2(CCCCC2)c2nc3ccccc3nc2C12CCCCC2. The maximum absolute atomic E-state index is 6.31. The van der Waals surface area contributed by atoms with Crippen molar-refractivity contribution in [2.45, 2.75) is 75.0 Å². The van der Waals surface area contributed by atoms with E-state index in [0.29, 0.717) is 0 Å². The lowest BCUT2D eigenvalue weighted by Gasteiger charge is -2.39. The fourth-order valence-electron chi connectivity index (χ4n) is 5.77. The summed E-state index contributed by atoms with van der Waals surface area (Å²) in [5, 5.41) is 0. The van der Waals surface area contributed by atoms with Crippen molar-refractivity contribution in [1.82, 2.24) is 9.97 Å². The Labute approximate surface area is 154 Å². The van der Waals surface area contributed by atoms with Gasteiger partial charge in [0, 0.05) is 11.8 Å². The van der Waals surface area contributed by atoms with Crippen molar-refractivity contribution < 1.29 is 0 Å². The van der Waals surface area contributed by atoms with Gasteiger partial charge in [0.15, 0.2) is 0 Å². The van der Waals surface area contributed by atoms with E-state index in [2.05, 4.69) is 28.8 Å². The monoisotopic (exact) mass is 353 g/mol. The molecule has 0 saturated heterocycles. The van der Waals surface area contributed by atoms with Gasteiger partial charge in [-0.2, -0.15) is 4.51 Å². The van der Waals surface area contributed by atoms with Crippen LogP contribution in [0, 0.1) is 0 Å². The average Bonchev–Trinajstić information content (AvgIpc) is 2.87. The van der Waals surface area contributed by atoms with Crippen molar-refractivity contribution in [2.75, 3.05) is 0 Å². The summed E-state index contributed by atoms with van der Waals surface area (Å²) >= 11 is 6.31. The highest BCUT2D eigenvalue weighted by Gasteiger charge is 2.60. The Hall–Kier alpha value is -1.48. The van der Waals surface area contributed by atoms with Crippen molar-refractivity contribution >= 4 is 28.5 Å².